The molecule has 180 valence electrons. The van der Waals surface area contributed by atoms with E-state index in [1.165, 1.54) is 19.1 Å². The molecule has 0 bridgehead atoms. The Morgan fingerprint density at radius 1 is 0.970 bits per heavy atom. The molecule has 1 aliphatic rings. The molecule has 13 nitrogen and oxygen atoms in total. The molecule has 0 amide bonds. The third-order valence-electron chi connectivity index (χ3n) is 4.12. The van der Waals surface area contributed by atoms with Gasteiger partial charge in [0.25, 0.3) is 0 Å². The molecular weight excluding hydrogens is 511 g/mol. The molecule has 0 radical (unpaired) electrons. The van der Waals surface area contributed by atoms with E-state index in [2.05, 4.69) is 4.98 Å². The van der Waals surface area contributed by atoms with E-state index in [0.717, 1.165) is 27.0 Å². The third kappa shape index (κ3) is 7.77. The van der Waals surface area contributed by atoms with Crippen molar-refractivity contribution in [1.82, 2.24) is 4.98 Å². The van der Waals surface area contributed by atoms with Crippen LogP contribution in [0.25, 0.3) is 0 Å². The fourth-order valence-electron chi connectivity index (χ4n) is 2.95. The predicted molar refractivity (Wildman–Crippen MR) is 108 cm³/mol. The van der Waals surface area contributed by atoms with Crippen LogP contribution >= 0.6 is 0 Å². The Kier molecular flexibility index (Phi) is 9.26. The Morgan fingerprint density at radius 3 is 2.03 bits per heavy atom. The van der Waals surface area contributed by atoms with E-state index in [0.29, 0.717) is 4.59 Å². The van der Waals surface area contributed by atoms with Gasteiger partial charge in [0.05, 0.1) is 0 Å². The summed E-state index contributed by atoms with van der Waals surface area (Å²) in [7, 11) is 0. The van der Waals surface area contributed by atoms with Crippen molar-refractivity contribution in [3.05, 3.63) is 28.4 Å². The van der Waals surface area contributed by atoms with Gasteiger partial charge in [0, 0.05) is 0 Å². The monoisotopic (exact) mass is 534 g/mol. The Morgan fingerprint density at radius 2 is 1.55 bits per heavy atom. The first kappa shape index (κ1) is 26.2. The molecule has 0 N–H and O–H groups in total. The van der Waals surface area contributed by atoms with Crippen molar-refractivity contribution in [3.63, 3.8) is 0 Å². The first-order valence-corrected chi connectivity index (χ1v) is 11.4. The van der Waals surface area contributed by atoms with Crippen LogP contribution in [0.5, 0.6) is 0 Å². The Labute approximate surface area is 194 Å². The first-order valence-electron chi connectivity index (χ1n) is 9.55. The summed E-state index contributed by atoms with van der Waals surface area (Å²) in [6, 6.07) is 2.68. The van der Waals surface area contributed by atoms with E-state index in [1.54, 1.807) is 0 Å². The molecule has 0 aromatic carbocycles. The van der Waals surface area contributed by atoms with Crippen LogP contribution in [0.4, 0.5) is 5.69 Å². The van der Waals surface area contributed by atoms with Gasteiger partial charge in [0.2, 0.25) is 0 Å². The summed E-state index contributed by atoms with van der Waals surface area (Å²) < 4.78 is 27.4. The van der Waals surface area contributed by atoms with E-state index in [9.17, 15) is 29.3 Å². The fraction of sp³-hybridized carbons (Fsp3) is 0.526. The third-order valence-corrected chi connectivity index (χ3v) is 6.41. The molecule has 5 atom stereocenters. The number of esters is 4. The molecule has 33 heavy (non-hydrogen) atoms. The summed E-state index contributed by atoms with van der Waals surface area (Å²) in [6.07, 6.45) is -3.69. The average molecular weight is 533 g/mol. The topological polar surface area (TPSA) is 170 Å². The average Bonchev–Trinajstić information content (AvgIpc) is 2.70. The van der Waals surface area contributed by atoms with Gasteiger partial charge >= 0.3 is 194 Å². The van der Waals surface area contributed by atoms with Crippen LogP contribution in [0.3, 0.4) is 0 Å². The molecule has 1 saturated heterocycles. The summed E-state index contributed by atoms with van der Waals surface area (Å²) in [5.74, 6) is -2.79. The van der Waals surface area contributed by atoms with Crippen LogP contribution in [0.2, 0.25) is 0 Å². The summed E-state index contributed by atoms with van der Waals surface area (Å²) in [6.45, 7) is 4.25. The van der Waals surface area contributed by atoms with Gasteiger partial charge in [-0.3, -0.25) is 0 Å². The van der Waals surface area contributed by atoms with Gasteiger partial charge in [-0.2, -0.15) is 0 Å². The van der Waals surface area contributed by atoms with Crippen LogP contribution in [0.15, 0.2) is 18.3 Å². The molecule has 2 rings (SSSR count). The van der Waals surface area contributed by atoms with Crippen molar-refractivity contribution >= 4 is 49.1 Å². The zero-order valence-corrected chi connectivity index (χ0v) is 19.8. The molecule has 2 heterocycles. The number of hydrogen-bond acceptors (Lipinski definition) is 12. The van der Waals surface area contributed by atoms with Gasteiger partial charge in [-0.1, -0.05) is 0 Å². The molecule has 14 heteroatoms. The van der Waals surface area contributed by atoms with Crippen LogP contribution in [0, 0.1) is 10.1 Å². The second-order valence-corrected chi connectivity index (χ2v) is 9.14. The molecule has 1 fully saturated rings. The number of carbonyl (C=O) groups is 4. The van der Waals surface area contributed by atoms with E-state index in [1.807, 2.05) is 0 Å². The van der Waals surface area contributed by atoms with Crippen LogP contribution < -0.4 is 4.59 Å². The second-order valence-electron chi connectivity index (χ2n) is 6.80. The van der Waals surface area contributed by atoms with Crippen molar-refractivity contribution in [1.29, 1.82) is 0 Å². The Hall–Kier alpha value is -3.09. The van der Waals surface area contributed by atoms with E-state index < -0.39 is 73.2 Å². The molecule has 0 saturated carbocycles. The number of hydrogen-bond donors (Lipinski definition) is 0. The van der Waals surface area contributed by atoms with E-state index >= 15 is 0 Å². The molecule has 1 aromatic heterocycles. The molecule has 0 spiro atoms. The van der Waals surface area contributed by atoms with Crippen molar-refractivity contribution in [2.45, 2.75) is 57.1 Å². The standard InChI is InChI=1S/C19H22N2O11Se/c1-9(22)28-8-14-16(29-10(2)23)17(30-11(3)24)18(31-12(4)25)19(32-14)33-15-6-5-13(7-20-15)21(26)27/h5-7,14,16-19H,8H2,1-4H3/t14-,16-,17+,18-,19+/m1/s1. The van der Waals surface area contributed by atoms with Crippen molar-refractivity contribution in [3.8, 4) is 0 Å². The Balaban J connectivity index is 2.43. The van der Waals surface area contributed by atoms with Crippen molar-refractivity contribution in [2.24, 2.45) is 0 Å². The predicted octanol–water partition coefficient (Wildman–Crippen LogP) is -0.598. The van der Waals surface area contributed by atoms with Gasteiger partial charge in [-0.15, -0.1) is 0 Å². The number of aromatic nitrogens is 1. The number of pyridine rings is 1. The van der Waals surface area contributed by atoms with Crippen molar-refractivity contribution < 1.29 is 47.8 Å². The SMILES string of the molecule is CC(=O)OC[C@H]1O[C@@H]([Se]c2ccc([N+](=O)[O-])cn2)[C@H](OC(C)=O)[C@@H](OC(C)=O)[C@@H]1OC(C)=O. The molecular formula is C19H22N2O11Se. The Bertz CT molecular complexity index is 908. The summed E-state index contributed by atoms with van der Waals surface area (Å²) >= 11 is -0.719. The molecule has 0 unspecified atom stereocenters. The van der Waals surface area contributed by atoms with Crippen LogP contribution in [-0.2, 0) is 42.9 Å². The van der Waals surface area contributed by atoms with E-state index in [4.69, 9.17) is 23.7 Å². The van der Waals surface area contributed by atoms with Gasteiger partial charge in [-0.25, -0.2) is 0 Å². The minimum absolute atomic E-state index is 0.212. The number of nitro groups is 1. The summed E-state index contributed by atoms with van der Waals surface area (Å²) in [5.41, 5.74) is -0.212. The quantitative estimate of drug-likeness (QED) is 0.137. The fourth-order valence-corrected chi connectivity index (χ4v) is 5.14. The maximum atomic E-state index is 11.8. The van der Waals surface area contributed by atoms with Gasteiger partial charge < -0.3 is 0 Å². The zero-order chi connectivity index (χ0) is 24.7. The van der Waals surface area contributed by atoms with Gasteiger partial charge in [0.15, 0.2) is 0 Å². The number of rotatable bonds is 8. The molecule has 1 aromatic rings. The first-order chi connectivity index (χ1) is 15.5. The van der Waals surface area contributed by atoms with Crippen LogP contribution in [-0.4, -0.2) is 84.8 Å². The summed E-state index contributed by atoms with van der Waals surface area (Å²) in [5, 5.41) is 9.95. The van der Waals surface area contributed by atoms with E-state index in [-0.39, 0.29) is 12.3 Å². The van der Waals surface area contributed by atoms with Crippen molar-refractivity contribution in [2.75, 3.05) is 6.61 Å². The van der Waals surface area contributed by atoms with Crippen LogP contribution in [0.1, 0.15) is 27.7 Å². The normalized spacial score (nSPS) is 24.3. The van der Waals surface area contributed by atoms with Gasteiger partial charge in [-0.05, 0) is 0 Å². The minimum atomic E-state index is -1.27. The molecule has 1 aliphatic heterocycles. The maximum absolute atomic E-state index is 11.8. The molecule has 0 aliphatic carbocycles. The number of ether oxygens (including phenoxy) is 5. The number of nitrogens with zero attached hydrogens (tertiary/aromatic N) is 2. The number of carbonyl (C=O) groups excluding carboxylic acids is 4. The van der Waals surface area contributed by atoms with Gasteiger partial charge in [0.1, 0.15) is 0 Å². The second kappa shape index (κ2) is 11.7. The summed E-state index contributed by atoms with van der Waals surface area (Å²) in [4.78, 5) is 61.0. The zero-order valence-electron chi connectivity index (χ0n) is 18.1.